The van der Waals surface area contributed by atoms with Crippen LogP contribution in [0, 0.1) is 0 Å². The minimum Gasteiger partial charge on any atom is -0.497 e. The standard InChI is InChI=1S/C17H22N4OS.HI/c1-22-15-7-5-13(6-8-15)16-20-14(12-23-16)11-19-17(18)21-9-3-2-4-10-21;/h5-8,12H,2-4,9-11H2,1H3,(H2,18,19);1H. The Labute approximate surface area is 164 Å². The van der Waals surface area contributed by atoms with Gasteiger partial charge in [0.15, 0.2) is 5.96 Å². The van der Waals surface area contributed by atoms with E-state index in [1.165, 1.54) is 19.3 Å². The first-order valence-electron chi connectivity index (χ1n) is 7.90. The summed E-state index contributed by atoms with van der Waals surface area (Å²) in [4.78, 5) is 11.3. The number of guanidine groups is 1. The molecule has 0 unspecified atom stereocenters. The second kappa shape index (κ2) is 9.22. The molecule has 0 radical (unpaired) electrons. The lowest BCUT2D eigenvalue weighted by Crippen LogP contribution is -2.40. The van der Waals surface area contributed by atoms with Crippen molar-refractivity contribution in [3.63, 3.8) is 0 Å². The van der Waals surface area contributed by atoms with Crippen molar-refractivity contribution in [3.05, 3.63) is 35.3 Å². The van der Waals surface area contributed by atoms with Crippen LogP contribution in [0.3, 0.4) is 0 Å². The second-order valence-electron chi connectivity index (χ2n) is 5.59. The summed E-state index contributed by atoms with van der Waals surface area (Å²) in [6.45, 7) is 2.57. The molecule has 0 atom stereocenters. The molecule has 5 nitrogen and oxygen atoms in total. The molecule has 0 spiro atoms. The van der Waals surface area contributed by atoms with Crippen LogP contribution in [0.15, 0.2) is 34.6 Å². The van der Waals surface area contributed by atoms with Crippen LogP contribution >= 0.6 is 35.3 Å². The van der Waals surface area contributed by atoms with Crippen molar-refractivity contribution in [1.29, 1.82) is 0 Å². The maximum absolute atomic E-state index is 6.08. The Kier molecular flexibility index (Phi) is 7.29. The topological polar surface area (TPSA) is 63.7 Å². The van der Waals surface area contributed by atoms with Crippen LogP contribution in [0.4, 0.5) is 0 Å². The minimum absolute atomic E-state index is 0. The van der Waals surface area contributed by atoms with E-state index in [-0.39, 0.29) is 24.0 Å². The van der Waals surface area contributed by atoms with Gasteiger partial charge in [0.05, 0.1) is 19.3 Å². The summed E-state index contributed by atoms with van der Waals surface area (Å²) in [5, 5.41) is 3.04. The van der Waals surface area contributed by atoms with Crippen molar-refractivity contribution in [2.75, 3.05) is 20.2 Å². The summed E-state index contributed by atoms with van der Waals surface area (Å²) in [7, 11) is 1.67. The van der Waals surface area contributed by atoms with E-state index in [1.54, 1.807) is 18.4 Å². The van der Waals surface area contributed by atoms with Gasteiger partial charge in [0.1, 0.15) is 10.8 Å². The first-order chi connectivity index (χ1) is 11.3. The Morgan fingerprint density at radius 1 is 1.25 bits per heavy atom. The molecule has 1 aromatic carbocycles. The van der Waals surface area contributed by atoms with Crippen LogP contribution < -0.4 is 10.5 Å². The van der Waals surface area contributed by atoms with Crippen LogP contribution in [-0.4, -0.2) is 36.0 Å². The van der Waals surface area contributed by atoms with E-state index in [1.807, 2.05) is 29.6 Å². The van der Waals surface area contributed by atoms with E-state index < -0.39 is 0 Å². The molecular weight excluding hydrogens is 435 g/mol. The van der Waals surface area contributed by atoms with Crippen molar-refractivity contribution in [2.45, 2.75) is 25.8 Å². The predicted molar refractivity (Wildman–Crippen MR) is 110 cm³/mol. The molecule has 1 fully saturated rings. The van der Waals surface area contributed by atoms with E-state index in [9.17, 15) is 0 Å². The van der Waals surface area contributed by atoms with E-state index >= 15 is 0 Å². The Bertz CT molecular complexity index is 665. The Morgan fingerprint density at radius 2 is 1.96 bits per heavy atom. The fraction of sp³-hybridized carbons (Fsp3) is 0.412. The van der Waals surface area contributed by atoms with Gasteiger partial charge in [-0.1, -0.05) is 0 Å². The van der Waals surface area contributed by atoms with Gasteiger partial charge in [0.25, 0.3) is 0 Å². The maximum atomic E-state index is 6.08. The molecule has 2 heterocycles. The first-order valence-corrected chi connectivity index (χ1v) is 8.78. The molecule has 1 aliphatic heterocycles. The number of thiazole rings is 1. The summed E-state index contributed by atoms with van der Waals surface area (Å²) in [6, 6.07) is 7.94. The highest BCUT2D eigenvalue weighted by Crippen LogP contribution is 2.25. The van der Waals surface area contributed by atoms with Crippen LogP contribution in [0.5, 0.6) is 5.75 Å². The zero-order valence-corrected chi connectivity index (χ0v) is 16.9. The number of methoxy groups -OCH3 is 1. The molecule has 0 bridgehead atoms. The number of nitrogens with zero attached hydrogens (tertiary/aromatic N) is 3. The summed E-state index contributed by atoms with van der Waals surface area (Å²) in [5.74, 6) is 1.49. The summed E-state index contributed by atoms with van der Waals surface area (Å²) in [5.41, 5.74) is 8.14. The number of benzene rings is 1. The zero-order valence-electron chi connectivity index (χ0n) is 13.8. The number of piperidine rings is 1. The molecule has 130 valence electrons. The number of aromatic nitrogens is 1. The highest BCUT2D eigenvalue weighted by Gasteiger charge is 2.12. The average Bonchev–Trinajstić information content (AvgIpc) is 3.09. The second-order valence-corrected chi connectivity index (χ2v) is 6.45. The lowest BCUT2D eigenvalue weighted by Gasteiger charge is -2.27. The van der Waals surface area contributed by atoms with Gasteiger partial charge in [-0.25, -0.2) is 9.98 Å². The van der Waals surface area contributed by atoms with Gasteiger partial charge in [0, 0.05) is 24.0 Å². The summed E-state index contributed by atoms with van der Waals surface area (Å²) in [6.07, 6.45) is 3.70. The van der Waals surface area contributed by atoms with Gasteiger partial charge in [-0.15, -0.1) is 35.3 Å². The third-order valence-electron chi connectivity index (χ3n) is 3.97. The lowest BCUT2D eigenvalue weighted by atomic mass is 10.1. The number of nitrogens with two attached hydrogens (primary N) is 1. The molecule has 0 aliphatic carbocycles. The maximum Gasteiger partial charge on any atom is 0.191 e. The molecule has 0 saturated carbocycles. The smallest absolute Gasteiger partial charge is 0.191 e. The summed E-state index contributed by atoms with van der Waals surface area (Å²) < 4.78 is 5.18. The van der Waals surface area contributed by atoms with Gasteiger partial charge < -0.3 is 15.4 Å². The quantitative estimate of drug-likeness (QED) is 0.431. The molecule has 1 saturated heterocycles. The van der Waals surface area contributed by atoms with Crippen molar-refractivity contribution in [1.82, 2.24) is 9.88 Å². The monoisotopic (exact) mass is 458 g/mol. The fourth-order valence-corrected chi connectivity index (χ4v) is 3.45. The molecule has 2 N–H and O–H groups in total. The van der Waals surface area contributed by atoms with Crippen LogP contribution in [0.1, 0.15) is 25.0 Å². The fourth-order valence-electron chi connectivity index (χ4n) is 2.63. The van der Waals surface area contributed by atoms with Crippen molar-refractivity contribution >= 4 is 41.3 Å². The molecule has 2 aromatic rings. The van der Waals surface area contributed by atoms with E-state index in [0.717, 1.165) is 35.1 Å². The van der Waals surface area contributed by atoms with E-state index in [0.29, 0.717) is 12.5 Å². The Morgan fingerprint density at radius 3 is 2.62 bits per heavy atom. The first kappa shape index (κ1) is 19.0. The third kappa shape index (κ3) is 4.83. The Hall–Kier alpha value is -1.35. The number of rotatable bonds is 4. The largest absolute Gasteiger partial charge is 0.497 e. The molecule has 0 amide bonds. The molecule has 3 rings (SSSR count). The van der Waals surface area contributed by atoms with Gasteiger partial charge in [-0.2, -0.15) is 0 Å². The molecule has 1 aliphatic rings. The van der Waals surface area contributed by atoms with Gasteiger partial charge >= 0.3 is 0 Å². The van der Waals surface area contributed by atoms with Crippen LogP contribution in [0.25, 0.3) is 10.6 Å². The predicted octanol–water partition coefficient (Wildman–Crippen LogP) is 3.74. The lowest BCUT2D eigenvalue weighted by molar-refractivity contribution is 0.338. The number of likely N-dealkylation sites (tertiary alicyclic amines) is 1. The third-order valence-corrected chi connectivity index (χ3v) is 4.91. The SMILES string of the molecule is COc1ccc(-c2nc(CN=C(N)N3CCCCC3)cs2)cc1.I. The average molecular weight is 458 g/mol. The van der Waals surface area contributed by atoms with Crippen molar-refractivity contribution < 1.29 is 4.74 Å². The van der Waals surface area contributed by atoms with Gasteiger partial charge in [0.2, 0.25) is 0 Å². The van der Waals surface area contributed by atoms with Crippen molar-refractivity contribution in [2.24, 2.45) is 10.7 Å². The minimum atomic E-state index is 0. The number of hydrogen-bond donors (Lipinski definition) is 1. The summed E-state index contributed by atoms with van der Waals surface area (Å²) >= 11 is 1.63. The zero-order chi connectivity index (χ0) is 16.1. The normalized spacial score (nSPS) is 15.0. The highest BCUT2D eigenvalue weighted by atomic mass is 127. The van der Waals surface area contributed by atoms with E-state index in [4.69, 9.17) is 10.5 Å². The molecular formula is C17H23IN4OS. The van der Waals surface area contributed by atoms with Crippen molar-refractivity contribution in [3.8, 4) is 16.3 Å². The molecule has 7 heteroatoms. The van der Waals surface area contributed by atoms with Gasteiger partial charge in [-0.3, -0.25) is 0 Å². The van der Waals surface area contributed by atoms with Crippen LogP contribution in [-0.2, 0) is 6.54 Å². The van der Waals surface area contributed by atoms with Gasteiger partial charge in [-0.05, 0) is 43.5 Å². The number of hydrogen-bond acceptors (Lipinski definition) is 4. The molecule has 24 heavy (non-hydrogen) atoms. The highest BCUT2D eigenvalue weighted by molar-refractivity contribution is 14.0. The van der Waals surface area contributed by atoms with E-state index in [2.05, 4.69) is 14.9 Å². The Balaban J connectivity index is 0.00000208. The number of halogens is 1. The molecule has 1 aromatic heterocycles. The van der Waals surface area contributed by atoms with Crippen LogP contribution in [0.2, 0.25) is 0 Å². The number of ether oxygens (including phenoxy) is 1. The number of aliphatic imine (C=N–C) groups is 1.